The van der Waals surface area contributed by atoms with Crippen LogP contribution in [0.15, 0.2) is 12.2 Å². The van der Waals surface area contributed by atoms with Crippen LogP contribution >= 0.6 is 0 Å². The molecule has 0 bridgehead atoms. The van der Waals surface area contributed by atoms with E-state index in [1.807, 2.05) is 0 Å². The molecule has 1 aliphatic rings. The average molecular weight is 154 g/mol. The predicted octanol–water partition coefficient (Wildman–Crippen LogP) is 2.91. The first kappa shape index (κ1) is 8.79. The molecular formula is C10H18O. The summed E-state index contributed by atoms with van der Waals surface area (Å²) in [6.45, 7) is 5.27. The van der Waals surface area contributed by atoms with Gasteiger partial charge in [-0.3, -0.25) is 0 Å². The number of allylic oxidation sites excluding steroid dienone is 1. The smallest absolute Gasteiger partial charge is 0.107 e. The Morgan fingerprint density at radius 1 is 1.45 bits per heavy atom. The molecule has 0 N–H and O–H groups in total. The van der Waals surface area contributed by atoms with Gasteiger partial charge in [-0.1, -0.05) is 31.9 Å². The summed E-state index contributed by atoms with van der Waals surface area (Å²) in [5.74, 6) is 0. The van der Waals surface area contributed by atoms with Crippen LogP contribution in [0.25, 0.3) is 0 Å². The van der Waals surface area contributed by atoms with E-state index in [1.54, 1.807) is 0 Å². The lowest BCUT2D eigenvalue weighted by molar-refractivity contribution is 0.369. The Balaban J connectivity index is 1.97. The van der Waals surface area contributed by atoms with Crippen LogP contribution in [-0.4, -0.2) is 12.2 Å². The standard InChI is InChI=1S/C10H18O/c1-3-4-5-6-7-8-10(2)9-11-10/h7-8H,3-6,9H2,1-2H3/b8-7+/t10-/m1/s1. The fraction of sp³-hybridized carbons (Fsp3) is 0.800. The maximum atomic E-state index is 5.22. The second-order valence-electron chi connectivity index (χ2n) is 3.50. The summed E-state index contributed by atoms with van der Waals surface area (Å²) >= 11 is 0. The van der Waals surface area contributed by atoms with Gasteiger partial charge in [-0.15, -0.1) is 0 Å². The van der Waals surface area contributed by atoms with Gasteiger partial charge >= 0.3 is 0 Å². The van der Waals surface area contributed by atoms with E-state index in [9.17, 15) is 0 Å². The van der Waals surface area contributed by atoms with Gasteiger partial charge in [-0.25, -0.2) is 0 Å². The van der Waals surface area contributed by atoms with Crippen molar-refractivity contribution in [3.05, 3.63) is 12.2 Å². The van der Waals surface area contributed by atoms with Crippen LogP contribution in [0.2, 0.25) is 0 Å². The van der Waals surface area contributed by atoms with Crippen molar-refractivity contribution in [1.29, 1.82) is 0 Å². The van der Waals surface area contributed by atoms with Gasteiger partial charge < -0.3 is 4.74 Å². The number of unbranched alkanes of at least 4 members (excludes halogenated alkanes) is 3. The molecule has 1 heterocycles. The quantitative estimate of drug-likeness (QED) is 0.337. The van der Waals surface area contributed by atoms with Crippen LogP contribution in [-0.2, 0) is 4.74 Å². The Morgan fingerprint density at radius 2 is 2.18 bits per heavy atom. The van der Waals surface area contributed by atoms with Crippen LogP contribution in [0.4, 0.5) is 0 Å². The number of rotatable bonds is 5. The Labute approximate surface area is 69.4 Å². The molecule has 1 rings (SSSR count). The van der Waals surface area contributed by atoms with Gasteiger partial charge in [0.2, 0.25) is 0 Å². The van der Waals surface area contributed by atoms with Crippen molar-refractivity contribution in [2.24, 2.45) is 0 Å². The molecule has 1 saturated heterocycles. The molecular weight excluding hydrogens is 136 g/mol. The van der Waals surface area contributed by atoms with E-state index in [-0.39, 0.29) is 5.60 Å². The summed E-state index contributed by atoms with van der Waals surface area (Å²) in [6, 6.07) is 0. The lowest BCUT2D eigenvalue weighted by Crippen LogP contribution is -1.96. The minimum absolute atomic E-state index is 0.117. The van der Waals surface area contributed by atoms with Gasteiger partial charge in [0.15, 0.2) is 0 Å². The largest absolute Gasteiger partial charge is 0.365 e. The second-order valence-corrected chi connectivity index (χ2v) is 3.50. The zero-order valence-electron chi connectivity index (χ0n) is 7.60. The summed E-state index contributed by atoms with van der Waals surface area (Å²) in [5, 5.41) is 0. The maximum Gasteiger partial charge on any atom is 0.107 e. The van der Waals surface area contributed by atoms with Crippen molar-refractivity contribution in [2.45, 2.75) is 45.1 Å². The molecule has 1 heteroatoms. The third-order valence-electron chi connectivity index (χ3n) is 2.04. The summed E-state index contributed by atoms with van der Waals surface area (Å²) < 4.78 is 5.22. The first-order valence-corrected chi connectivity index (χ1v) is 4.58. The van der Waals surface area contributed by atoms with Crippen molar-refractivity contribution in [1.82, 2.24) is 0 Å². The molecule has 0 aromatic heterocycles. The van der Waals surface area contributed by atoms with Crippen LogP contribution in [0, 0.1) is 0 Å². The van der Waals surface area contributed by atoms with E-state index < -0.39 is 0 Å². The molecule has 0 aliphatic carbocycles. The third kappa shape index (κ3) is 3.57. The van der Waals surface area contributed by atoms with Gasteiger partial charge in [0.1, 0.15) is 5.60 Å². The first-order chi connectivity index (χ1) is 5.27. The van der Waals surface area contributed by atoms with Crippen LogP contribution in [0.5, 0.6) is 0 Å². The van der Waals surface area contributed by atoms with E-state index in [0.717, 1.165) is 6.61 Å². The van der Waals surface area contributed by atoms with Crippen molar-refractivity contribution in [3.8, 4) is 0 Å². The molecule has 0 unspecified atom stereocenters. The topological polar surface area (TPSA) is 12.5 Å². The number of ether oxygens (including phenoxy) is 1. The fourth-order valence-electron chi connectivity index (χ4n) is 1.05. The highest BCUT2D eigenvalue weighted by Crippen LogP contribution is 2.27. The molecule has 0 aromatic rings. The zero-order chi connectivity index (χ0) is 8.16. The van der Waals surface area contributed by atoms with Crippen molar-refractivity contribution in [3.63, 3.8) is 0 Å². The minimum Gasteiger partial charge on any atom is -0.365 e. The number of hydrogen-bond acceptors (Lipinski definition) is 1. The van der Waals surface area contributed by atoms with E-state index in [1.165, 1.54) is 25.7 Å². The molecule has 0 radical (unpaired) electrons. The highest BCUT2D eigenvalue weighted by atomic mass is 16.6. The summed E-state index contributed by atoms with van der Waals surface area (Å²) in [7, 11) is 0. The highest BCUT2D eigenvalue weighted by molar-refractivity contribution is 5.06. The second kappa shape index (κ2) is 3.91. The maximum absolute atomic E-state index is 5.22. The van der Waals surface area contributed by atoms with Crippen molar-refractivity contribution >= 4 is 0 Å². The van der Waals surface area contributed by atoms with Crippen molar-refractivity contribution in [2.75, 3.05) is 6.61 Å². The van der Waals surface area contributed by atoms with Gasteiger partial charge in [-0.05, 0) is 19.8 Å². The van der Waals surface area contributed by atoms with E-state index in [4.69, 9.17) is 4.74 Å². The Hall–Kier alpha value is -0.300. The van der Waals surface area contributed by atoms with Gasteiger partial charge in [-0.2, -0.15) is 0 Å². The lowest BCUT2D eigenvalue weighted by Gasteiger charge is -1.94. The lowest BCUT2D eigenvalue weighted by atomic mass is 10.1. The molecule has 0 amide bonds. The predicted molar refractivity (Wildman–Crippen MR) is 47.6 cm³/mol. The highest BCUT2D eigenvalue weighted by Gasteiger charge is 2.35. The molecule has 64 valence electrons. The monoisotopic (exact) mass is 154 g/mol. The fourth-order valence-corrected chi connectivity index (χ4v) is 1.05. The Morgan fingerprint density at radius 3 is 2.73 bits per heavy atom. The molecule has 1 nitrogen and oxygen atoms in total. The normalized spacial score (nSPS) is 29.6. The minimum atomic E-state index is 0.117. The molecule has 1 fully saturated rings. The molecule has 11 heavy (non-hydrogen) atoms. The Kier molecular flexibility index (Phi) is 3.13. The Bertz CT molecular complexity index is 134. The SMILES string of the molecule is CCCCC/C=C/[C@]1(C)CO1. The molecule has 0 spiro atoms. The molecule has 1 atom stereocenters. The third-order valence-corrected chi connectivity index (χ3v) is 2.04. The van der Waals surface area contributed by atoms with Gasteiger partial charge in [0.25, 0.3) is 0 Å². The van der Waals surface area contributed by atoms with Crippen LogP contribution < -0.4 is 0 Å². The number of hydrogen-bond donors (Lipinski definition) is 0. The molecule has 1 aliphatic heterocycles. The average Bonchev–Trinajstić information content (AvgIpc) is 2.69. The number of epoxide rings is 1. The summed E-state index contributed by atoms with van der Waals surface area (Å²) in [5.41, 5.74) is 0.117. The first-order valence-electron chi connectivity index (χ1n) is 4.58. The van der Waals surface area contributed by atoms with Gasteiger partial charge in [0.05, 0.1) is 6.61 Å². The van der Waals surface area contributed by atoms with Crippen molar-refractivity contribution < 1.29 is 4.74 Å². The molecule has 0 saturated carbocycles. The summed E-state index contributed by atoms with van der Waals surface area (Å²) in [6.07, 6.45) is 9.64. The molecule has 0 aromatic carbocycles. The van der Waals surface area contributed by atoms with Crippen LogP contribution in [0.3, 0.4) is 0 Å². The van der Waals surface area contributed by atoms with E-state index in [0.29, 0.717) is 0 Å². The van der Waals surface area contributed by atoms with Crippen LogP contribution in [0.1, 0.15) is 39.5 Å². The van der Waals surface area contributed by atoms with E-state index >= 15 is 0 Å². The van der Waals surface area contributed by atoms with E-state index in [2.05, 4.69) is 26.0 Å². The van der Waals surface area contributed by atoms with Gasteiger partial charge in [0, 0.05) is 0 Å². The zero-order valence-corrected chi connectivity index (χ0v) is 7.60. The summed E-state index contributed by atoms with van der Waals surface area (Å²) in [4.78, 5) is 0.